The van der Waals surface area contributed by atoms with Crippen LogP contribution in [-0.2, 0) is 13.0 Å². The number of methoxy groups -OCH3 is 1. The van der Waals surface area contributed by atoms with Crippen molar-refractivity contribution in [3.8, 4) is 5.75 Å². The lowest BCUT2D eigenvalue weighted by Gasteiger charge is -2.09. The monoisotopic (exact) mass is 429 g/mol. The summed E-state index contributed by atoms with van der Waals surface area (Å²) in [5.74, 6) is 0.901. The van der Waals surface area contributed by atoms with Gasteiger partial charge in [-0.3, -0.25) is 4.79 Å². The fraction of sp³-hybridized carbons (Fsp3) is 0.174. The van der Waals surface area contributed by atoms with Gasteiger partial charge in [-0.15, -0.1) is 12.4 Å². The second kappa shape index (κ2) is 9.31. The highest BCUT2D eigenvalue weighted by molar-refractivity contribution is 6.34. The van der Waals surface area contributed by atoms with E-state index in [9.17, 15) is 4.79 Å². The molecule has 0 aliphatic heterocycles. The minimum atomic E-state index is -0.0605. The van der Waals surface area contributed by atoms with Gasteiger partial charge in [-0.1, -0.05) is 41.9 Å². The van der Waals surface area contributed by atoms with Gasteiger partial charge in [0.1, 0.15) is 11.3 Å². The standard InChI is InChI=1S/C23H20ClNO3.ClH/c1-27-20-8-3-2-5-16(20)11-12-25-14-15-9-10-21-18(13-15)22(26)17-6-4-7-19(24)23(17)28-21;/h2-10,13,25H,11-12,14H2,1H3;1H. The molecule has 4 aromatic rings. The first-order chi connectivity index (χ1) is 13.7. The van der Waals surface area contributed by atoms with Crippen LogP contribution in [0.1, 0.15) is 11.1 Å². The topological polar surface area (TPSA) is 51.5 Å². The van der Waals surface area contributed by atoms with Crippen LogP contribution in [0.15, 0.2) is 69.9 Å². The molecule has 0 amide bonds. The molecule has 1 aromatic heterocycles. The first-order valence-corrected chi connectivity index (χ1v) is 9.52. The average molecular weight is 430 g/mol. The largest absolute Gasteiger partial charge is 0.496 e. The maximum Gasteiger partial charge on any atom is 0.200 e. The van der Waals surface area contributed by atoms with Crippen molar-refractivity contribution in [2.75, 3.05) is 13.7 Å². The van der Waals surface area contributed by atoms with Crippen molar-refractivity contribution in [1.29, 1.82) is 0 Å². The van der Waals surface area contributed by atoms with Crippen LogP contribution in [0.2, 0.25) is 5.02 Å². The van der Waals surface area contributed by atoms with E-state index in [1.165, 1.54) is 5.56 Å². The molecule has 0 bridgehead atoms. The minimum Gasteiger partial charge on any atom is -0.496 e. The summed E-state index contributed by atoms with van der Waals surface area (Å²) in [5.41, 5.74) is 3.11. The molecule has 3 aromatic carbocycles. The van der Waals surface area contributed by atoms with Crippen molar-refractivity contribution in [2.24, 2.45) is 0 Å². The Bertz CT molecular complexity index is 1200. The Morgan fingerprint density at radius 3 is 2.69 bits per heavy atom. The third-order valence-electron chi connectivity index (χ3n) is 4.80. The van der Waals surface area contributed by atoms with Crippen molar-refractivity contribution in [3.05, 3.63) is 87.0 Å². The molecule has 0 unspecified atom stereocenters. The zero-order chi connectivity index (χ0) is 19.5. The predicted molar refractivity (Wildman–Crippen MR) is 121 cm³/mol. The minimum absolute atomic E-state index is 0. The lowest BCUT2D eigenvalue weighted by atomic mass is 10.1. The summed E-state index contributed by atoms with van der Waals surface area (Å²) >= 11 is 6.17. The molecule has 0 aliphatic carbocycles. The lowest BCUT2D eigenvalue weighted by Crippen LogP contribution is -2.17. The molecule has 1 N–H and O–H groups in total. The summed E-state index contributed by atoms with van der Waals surface area (Å²) in [7, 11) is 1.68. The number of ether oxygens (including phenoxy) is 1. The maximum atomic E-state index is 12.8. The summed E-state index contributed by atoms with van der Waals surface area (Å²) < 4.78 is 11.2. The highest BCUT2D eigenvalue weighted by Gasteiger charge is 2.10. The van der Waals surface area contributed by atoms with Crippen molar-refractivity contribution < 1.29 is 9.15 Å². The number of hydrogen-bond acceptors (Lipinski definition) is 4. The Balaban J connectivity index is 0.00000240. The van der Waals surface area contributed by atoms with E-state index in [1.807, 2.05) is 36.4 Å². The van der Waals surface area contributed by atoms with Gasteiger partial charge in [0.05, 0.1) is 22.9 Å². The normalized spacial score (nSPS) is 10.8. The van der Waals surface area contributed by atoms with Crippen LogP contribution in [0.4, 0.5) is 0 Å². The van der Waals surface area contributed by atoms with E-state index in [1.54, 1.807) is 25.3 Å². The summed E-state index contributed by atoms with van der Waals surface area (Å²) in [5, 5.41) is 4.94. The highest BCUT2D eigenvalue weighted by Crippen LogP contribution is 2.25. The van der Waals surface area contributed by atoms with Crippen molar-refractivity contribution in [3.63, 3.8) is 0 Å². The van der Waals surface area contributed by atoms with Crippen LogP contribution < -0.4 is 15.5 Å². The molecular formula is C23H21Cl2NO3. The van der Waals surface area contributed by atoms with Crippen molar-refractivity contribution in [2.45, 2.75) is 13.0 Å². The molecule has 0 aliphatic rings. The fourth-order valence-electron chi connectivity index (χ4n) is 3.37. The number of benzene rings is 3. The molecule has 29 heavy (non-hydrogen) atoms. The average Bonchev–Trinajstić information content (AvgIpc) is 2.73. The molecule has 4 nitrogen and oxygen atoms in total. The molecule has 0 saturated carbocycles. The summed E-state index contributed by atoms with van der Waals surface area (Å²) in [6.07, 6.45) is 0.864. The third kappa shape index (κ3) is 4.40. The number of fused-ring (bicyclic) bond motifs is 2. The second-order valence-electron chi connectivity index (χ2n) is 6.62. The van der Waals surface area contributed by atoms with Gasteiger partial charge in [0.15, 0.2) is 5.58 Å². The molecular weight excluding hydrogens is 409 g/mol. The third-order valence-corrected chi connectivity index (χ3v) is 5.10. The number of halogens is 2. The molecule has 150 valence electrons. The summed E-state index contributed by atoms with van der Waals surface area (Å²) in [4.78, 5) is 12.8. The molecule has 0 radical (unpaired) electrons. The Hall–Kier alpha value is -2.53. The van der Waals surface area contributed by atoms with Crippen LogP contribution in [0.25, 0.3) is 21.9 Å². The first kappa shape index (κ1) is 21.2. The van der Waals surface area contributed by atoms with Gasteiger partial charge in [0.25, 0.3) is 0 Å². The fourth-order valence-corrected chi connectivity index (χ4v) is 3.58. The van der Waals surface area contributed by atoms with Gasteiger partial charge in [0, 0.05) is 6.54 Å². The van der Waals surface area contributed by atoms with Crippen LogP contribution in [-0.4, -0.2) is 13.7 Å². The van der Waals surface area contributed by atoms with E-state index in [0.29, 0.717) is 33.5 Å². The summed E-state index contributed by atoms with van der Waals surface area (Å²) in [6.45, 7) is 1.47. The smallest absolute Gasteiger partial charge is 0.200 e. The van der Waals surface area contributed by atoms with Crippen LogP contribution in [0.3, 0.4) is 0 Å². The quantitative estimate of drug-likeness (QED) is 0.331. The lowest BCUT2D eigenvalue weighted by molar-refractivity contribution is 0.409. The Kier molecular flexibility index (Phi) is 6.80. The number of hydrogen-bond donors (Lipinski definition) is 1. The number of para-hydroxylation sites is 2. The molecule has 6 heteroatoms. The Morgan fingerprint density at radius 1 is 1.03 bits per heavy atom. The van der Waals surface area contributed by atoms with Crippen LogP contribution in [0.5, 0.6) is 5.75 Å². The SMILES string of the molecule is COc1ccccc1CCNCc1ccc2oc3c(Cl)cccc3c(=O)c2c1.Cl. The number of rotatable bonds is 6. The van der Waals surface area contributed by atoms with Crippen LogP contribution >= 0.6 is 24.0 Å². The van der Waals surface area contributed by atoms with E-state index < -0.39 is 0 Å². The highest BCUT2D eigenvalue weighted by atomic mass is 35.5. The van der Waals surface area contributed by atoms with E-state index in [-0.39, 0.29) is 17.8 Å². The molecule has 0 saturated heterocycles. The molecule has 4 rings (SSSR count). The zero-order valence-corrected chi connectivity index (χ0v) is 17.5. The van der Waals surface area contributed by atoms with Gasteiger partial charge in [-0.25, -0.2) is 0 Å². The first-order valence-electron chi connectivity index (χ1n) is 9.14. The van der Waals surface area contributed by atoms with Gasteiger partial charge >= 0.3 is 0 Å². The summed E-state index contributed by atoms with van der Waals surface area (Å²) in [6, 6.07) is 18.9. The Morgan fingerprint density at radius 2 is 1.86 bits per heavy atom. The van der Waals surface area contributed by atoms with Gasteiger partial charge in [-0.2, -0.15) is 0 Å². The van der Waals surface area contributed by atoms with Gasteiger partial charge in [-0.05, 0) is 54.4 Å². The predicted octanol–water partition coefficient (Wildman–Crippen LogP) is 5.36. The van der Waals surface area contributed by atoms with Crippen molar-refractivity contribution >= 4 is 45.9 Å². The van der Waals surface area contributed by atoms with E-state index >= 15 is 0 Å². The van der Waals surface area contributed by atoms with E-state index in [0.717, 1.165) is 24.3 Å². The van der Waals surface area contributed by atoms with E-state index in [2.05, 4.69) is 11.4 Å². The molecule has 0 fully saturated rings. The molecule has 1 heterocycles. The van der Waals surface area contributed by atoms with Gasteiger partial charge in [0.2, 0.25) is 5.43 Å². The molecule has 0 atom stereocenters. The second-order valence-corrected chi connectivity index (χ2v) is 7.02. The maximum absolute atomic E-state index is 12.8. The van der Waals surface area contributed by atoms with E-state index in [4.69, 9.17) is 20.8 Å². The number of nitrogens with one attached hydrogen (secondary N) is 1. The van der Waals surface area contributed by atoms with Crippen LogP contribution in [0, 0.1) is 0 Å². The molecule has 0 spiro atoms. The van der Waals surface area contributed by atoms with Crippen molar-refractivity contribution in [1.82, 2.24) is 5.32 Å². The Labute approximate surface area is 179 Å². The van der Waals surface area contributed by atoms with Gasteiger partial charge < -0.3 is 14.5 Å². The zero-order valence-electron chi connectivity index (χ0n) is 15.9.